The lowest BCUT2D eigenvalue weighted by atomic mass is 9.79. The molecule has 22 rings (SSSR count). The summed E-state index contributed by atoms with van der Waals surface area (Å²) < 4.78 is 0. The van der Waals surface area contributed by atoms with Crippen LogP contribution in [0, 0.1) is 0 Å². The second-order valence-electron chi connectivity index (χ2n) is 30.5. The van der Waals surface area contributed by atoms with E-state index >= 15 is 0 Å². The summed E-state index contributed by atoms with van der Waals surface area (Å²) in [7, 11) is 0. The third kappa shape index (κ3) is 10.7. The second-order valence-corrected chi connectivity index (χ2v) is 30.5. The van der Waals surface area contributed by atoms with E-state index in [1.165, 1.54) is 142 Å². The van der Waals surface area contributed by atoms with Gasteiger partial charge >= 0.3 is 0 Å². The molecule has 0 fully saturated rings. The third-order valence-electron chi connectivity index (χ3n) is 23.4. The van der Waals surface area contributed by atoms with E-state index < -0.39 is 0 Å². The van der Waals surface area contributed by atoms with Crippen LogP contribution in [0.25, 0.3) is 199 Å². The Balaban J connectivity index is 0.000000140. The monoisotopic (exact) mass is 1400 g/mol. The minimum Gasteiger partial charge on any atom is -0.208 e. The van der Waals surface area contributed by atoms with Crippen LogP contribution in [0.3, 0.4) is 0 Å². The Morgan fingerprint density at radius 1 is 0.164 bits per heavy atom. The molecule has 0 amide bonds. The maximum Gasteiger partial charge on any atom is 0.164 e. The molecule has 6 heteroatoms. The van der Waals surface area contributed by atoms with Gasteiger partial charge < -0.3 is 0 Å². The summed E-state index contributed by atoms with van der Waals surface area (Å²) in [6, 6.07) is 126. The van der Waals surface area contributed by atoms with Crippen LogP contribution in [0.4, 0.5) is 0 Å². The Morgan fingerprint density at radius 3 is 0.773 bits per heavy atom. The first-order chi connectivity index (χ1) is 54.0. The van der Waals surface area contributed by atoms with Gasteiger partial charge in [-0.25, -0.2) is 29.9 Å². The van der Waals surface area contributed by atoms with Gasteiger partial charge in [-0.3, -0.25) is 0 Å². The summed E-state index contributed by atoms with van der Waals surface area (Å²) in [5, 5.41) is 19.3. The van der Waals surface area contributed by atoms with Crippen molar-refractivity contribution in [1.29, 1.82) is 0 Å². The molecule has 2 aliphatic carbocycles. The van der Waals surface area contributed by atoms with Gasteiger partial charge in [0.15, 0.2) is 34.9 Å². The highest BCUT2D eigenvalue weighted by Crippen LogP contribution is 2.54. The van der Waals surface area contributed by atoms with Crippen molar-refractivity contribution in [2.24, 2.45) is 0 Å². The first-order valence-corrected chi connectivity index (χ1v) is 37.9. The summed E-state index contributed by atoms with van der Waals surface area (Å²) in [5.41, 5.74) is 21.2. The van der Waals surface area contributed by atoms with Crippen molar-refractivity contribution in [3.63, 3.8) is 0 Å². The standard InChI is InChI=1S/2C52H35N3/c1-52(2)47-17-8-7-14-45(47)46-16-9-15-44(48(46)52)34-18-22-35(23-19-34)49-53-50(38-26-28-42-36(30-38)24-20-32-10-3-5-12-40(32)42)55-51(54-49)39-27-29-43-37(31-39)25-21-33-11-4-6-13-41(33)43;1-52(2)47-17-8-7-14-43(47)44-16-9-15-42(48(44)52)34-22-26-37(27-23-34)49-53-50(38-28-24-35-20-18-32-10-3-5-12-40(32)45(35)30-38)55-51(54-49)39-29-25-36-21-19-33-11-4-6-13-41(33)46(36)31-39/h2*3-31H,1-2H3. The lowest BCUT2D eigenvalue weighted by Crippen LogP contribution is -2.16. The fourth-order valence-corrected chi connectivity index (χ4v) is 17.9. The van der Waals surface area contributed by atoms with Gasteiger partial charge in [0.25, 0.3) is 0 Å². The van der Waals surface area contributed by atoms with Crippen LogP contribution in [0.1, 0.15) is 49.9 Å². The fourth-order valence-electron chi connectivity index (χ4n) is 17.9. The first-order valence-electron chi connectivity index (χ1n) is 37.9. The van der Waals surface area contributed by atoms with Crippen molar-refractivity contribution >= 4 is 86.2 Å². The van der Waals surface area contributed by atoms with Crippen LogP contribution in [-0.4, -0.2) is 29.9 Å². The molecule has 2 aliphatic rings. The number of rotatable bonds is 8. The predicted octanol–water partition coefficient (Wildman–Crippen LogP) is 26.9. The van der Waals surface area contributed by atoms with E-state index in [1.807, 2.05) is 0 Å². The van der Waals surface area contributed by atoms with Crippen LogP contribution in [-0.2, 0) is 10.8 Å². The maximum atomic E-state index is 5.19. The average molecular weight is 1400 g/mol. The van der Waals surface area contributed by atoms with Crippen LogP contribution in [0.15, 0.2) is 352 Å². The van der Waals surface area contributed by atoms with E-state index in [0.29, 0.717) is 34.9 Å². The number of hydrogen-bond donors (Lipinski definition) is 0. The quantitative estimate of drug-likeness (QED) is 0.141. The van der Waals surface area contributed by atoms with Gasteiger partial charge in [-0.2, -0.15) is 0 Å². The number of hydrogen-bond acceptors (Lipinski definition) is 6. The zero-order valence-electron chi connectivity index (χ0n) is 61.2. The number of benzene rings is 18. The fraction of sp³-hybridized carbons (Fsp3) is 0.0577. The summed E-state index contributed by atoms with van der Waals surface area (Å²) in [5.74, 6) is 3.90. The van der Waals surface area contributed by atoms with E-state index in [9.17, 15) is 0 Å². The lowest BCUT2D eigenvalue weighted by Gasteiger charge is -2.24. The number of nitrogens with zero attached hydrogens (tertiary/aromatic N) is 6. The van der Waals surface area contributed by atoms with E-state index in [1.54, 1.807) is 0 Å². The van der Waals surface area contributed by atoms with Crippen LogP contribution in [0.2, 0.25) is 0 Å². The van der Waals surface area contributed by atoms with Crippen molar-refractivity contribution in [2.45, 2.75) is 38.5 Å². The highest BCUT2D eigenvalue weighted by Gasteiger charge is 2.39. The van der Waals surface area contributed by atoms with E-state index in [0.717, 1.165) is 44.2 Å². The zero-order valence-corrected chi connectivity index (χ0v) is 61.2. The summed E-state index contributed by atoms with van der Waals surface area (Å²) in [4.78, 5) is 31.0. The van der Waals surface area contributed by atoms with Crippen molar-refractivity contribution in [3.05, 3.63) is 374 Å². The molecule has 18 aromatic carbocycles. The van der Waals surface area contributed by atoms with Gasteiger partial charge in [0, 0.05) is 44.2 Å². The minimum atomic E-state index is -0.102. The molecule has 0 bridgehead atoms. The van der Waals surface area contributed by atoms with Gasteiger partial charge in [-0.05, 0) is 177 Å². The van der Waals surface area contributed by atoms with Crippen molar-refractivity contribution in [2.75, 3.05) is 0 Å². The van der Waals surface area contributed by atoms with E-state index in [-0.39, 0.29) is 10.8 Å². The highest BCUT2D eigenvalue weighted by molar-refractivity contribution is 6.12. The largest absolute Gasteiger partial charge is 0.208 e. The van der Waals surface area contributed by atoms with Gasteiger partial charge in [0.2, 0.25) is 0 Å². The Labute approximate surface area is 637 Å². The number of fused-ring (bicyclic) bond motifs is 18. The zero-order chi connectivity index (χ0) is 73.3. The van der Waals surface area contributed by atoms with E-state index in [2.05, 4.69) is 380 Å². The molecule has 2 aromatic heterocycles. The minimum absolute atomic E-state index is 0.0997. The van der Waals surface area contributed by atoms with Crippen molar-refractivity contribution < 1.29 is 0 Å². The molecule has 0 saturated heterocycles. The molecule has 0 saturated carbocycles. The van der Waals surface area contributed by atoms with Crippen LogP contribution in [0.5, 0.6) is 0 Å². The maximum absolute atomic E-state index is 5.19. The lowest BCUT2D eigenvalue weighted by molar-refractivity contribution is 0.662. The molecular weight excluding hydrogens is 1330 g/mol. The molecule has 20 aromatic rings. The molecule has 0 radical (unpaired) electrons. The molecule has 2 heterocycles. The molecule has 516 valence electrons. The Kier molecular flexibility index (Phi) is 14.9. The van der Waals surface area contributed by atoms with Gasteiger partial charge in [-0.1, -0.05) is 355 Å². The summed E-state index contributed by atoms with van der Waals surface area (Å²) in [6.07, 6.45) is 0. The summed E-state index contributed by atoms with van der Waals surface area (Å²) >= 11 is 0. The third-order valence-corrected chi connectivity index (χ3v) is 23.4. The Hall–Kier alpha value is -13.9. The van der Waals surface area contributed by atoms with Gasteiger partial charge in [0.05, 0.1) is 0 Å². The SMILES string of the molecule is CC1(C)c2ccccc2-c2cccc(-c3ccc(-c4nc(-c5ccc6c(ccc7ccccc76)c5)nc(-c5ccc6c(ccc7ccccc76)c5)n4)cc3)c21.CC1(C)c2ccccc2-c2cccc(-c3ccc(-c4nc(-c5ccc6ccc7ccccc7c6c5)nc(-c5ccc6ccc7ccccc7c6c5)n4)cc3)c21. The predicted molar refractivity (Wildman–Crippen MR) is 458 cm³/mol. The first kappa shape index (κ1) is 64.4. The Morgan fingerprint density at radius 2 is 0.400 bits per heavy atom. The molecule has 0 aliphatic heterocycles. The molecule has 0 N–H and O–H groups in total. The molecule has 6 nitrogen and oxygen atoms in total. The second kappa shape index (κ2) is 25.4. The molecule has 0 atom stereocenters. The smallest absolute Gasteiger partial charge is 0.164 e. The van der Waals surface area contributed by atoms with Crippen molar-refractivity contribution in [3.8, 4) is 113 Å². The Bertz CT molecular complexity index is 6940. The molecule has 0 unspecified atom stereocenters. The number of aromatic nitrogens is 6. The average Bonchev–Trinajstić information content (AvgIpc) is 1.59. The molecular formula is C104H70N6. The van der Waals surface area contributed by atoms with E-state index in [4.69, 9.17) is 29.9 Å². The van der Waals surface area contributed by atoms with Gasteiger partial charge in [-0.15, -0.1) is 0 Å². The highest BCUT2D eigenvalue weighted by atomic mass is 15.0. The van der Waals surface area contributed by atoms with Crippen molar-refractivity contribution in [1.82, 2.24) is 29.9 Å². The molecule has 110 heavy (non-hydrogen) atoms. The summed E-state index contributed by atoms with van der Waals surface area (Å²) in [6.45, 7) is 9.37. The topological polar surface area (TPSA) is 77.3 Å². The van der Waals surface area contributed by atoms with Gasteiger partial charge in [0.1, 0.15) is 0 Å². The normalized spacial score (nSPS) is 13.1. The van der Waals surface area contributed by atoms with Crippen LogP contribution >= 0.6 is 0 Å². The van der Waals surface area contributed by atoms with Crippen LogP contribution < -0.4 is 0 Å². The molecule has 0 spiro atoms.